The highest BCUT2D eigenvalue weighted by Crippen LogP contribution is 2.15. The highest BCUT2D eigenvalue weighted by atomic mass is 14.9. The van der Waals surface area contributed by atoms with Crippen molar-refractivity contribution in [2.45, 2.75) is 33.4 Å². The van der Waals surface area contributed by atoms with E-state index in [-0.39, 0.29) is 0 Å². The van der Waals surface area contributed by atoms with Crippen molar-refractivity contribution in [1.29, 1.82) is 0 Å². The van der Waals surface area contributed by atoms with E-state index in [9.17, 15) is 0 Å². The van der Waals surface area contributed by atoms with Crippen molar-refractivity contribution in [3.8, 4) is 0 Å². The molecule has 0 aliphatic rings. The van der Waals surface area contributed by atoms with E-state index in [0.29, 0.717) is 6.04 Å². The minimum absolute atomic E-state index is 0.379. The zero-order valence-corrected chi connectivity index (χ0v) is 11.4. The van der Waals surface area contributed by atoms with Gasteiger partial charge in [0.25, 0.3) is 0 Å². The third-order valence-corrected chi connectivity index (χ3v) is 3.40. The van der Waals surface area contributed by atoms with Crippen LogP contribution in [0.15, 0.2) is 48.5 Å². The maximum absolute atomic E-state index is 3.58. The van der Waals surface area contributed by atoms with Gasteiger partial charge in [-0.15, -0.1) is 0 Å². The highest BCUT2D eigenvalue weighted by molar-refractivity contribution is 5.27. The first-order valence-corrected chi connectivity index (χ1v) is 6.51. The molecule has 0 aromatic heterocycles. The standard InChI is InChI=1S/C17H21N/c1-13-7-6-10-16(11-13)15(3)18-12-17-9-5-4-8-14(17)2/h4-11,15,18H,12H2,1-3H3/t15-/m0/s1. The van der Waals surface area contributed by atoms with Crippen molar-refractivity contribution < 1.29 is 0 Å². The Hall–Kier alpha value is -1.60. The van der Waals surface area contributed by atoms with Gasteiger partial charge in [-0.25, -0.2) is 0 Å². The van der Waals surface area contributed by atoms with Crippen LogP contribution in [0, 0.1) is 13.8 Å². The zero-order valence-electron chi connectivity index (χ0n) is 11.4. The first kappa shape index (κ1) is 12.8. The fourth-order valence-electron chi connectivity index (χ4n) is 2.13. The van der Waals surface area contributed by atoms with Gasteiger partial charge >= 0.3 is 0 Å². The lowest BCUT2D eigenvalue weighted by Crippen LogP contribution is -2.18. The predicted molar refractivity (Wildman–Crippen MR) is 77.6 cm³/mol. The van der Waals surface area contributed by atoms with Gasteiger partial charge < -0.3 is 5.32 Å². The van der Waals surface area contributed by atoms with E-state index >= 15 is 0 Å². The Morgan fingerprint density at radius 3 is 2.50 bits per heavy atom. The molecule has 18 heavy (non-hydrogen) atoms. The molecule has 2 rings (SSSR count). The van der Waals surface area contributed by atoms with Crippen molar-refractivity contribution in [3.63, 3.8) is 0 Å². The van der Waals surface area contributed by atoms with Crippen LogP contribution in [0.4, 0.5) is 0 Å². The molecule has 0 radical (unpaired) electrons. The van der Waals surface area contributed by atoms with Crippen LogP contribution in [0.1, 0.15) is 35.2 Å². The van der Waals surface area contributed by atoms with Crippen molar-refractivity contribution in [2.75, 3.05) is 0 Å². The average Bonchev–Trinajstić information content (AvgIpc) is 2.37. The van der Waals surface area contributed by atoms with Gasteiger partial charge in [0.1, 0.15) is 0 Å². The maximum Gasteiger partial charge on any atom is 0.0295 e. The molecule has 94 valence electrons. The normalized spacial score (nSPS) is 12.4. The number of hydrogen-bond donors (Lipinski definition) is 1. The van der Waals surface area contributed by atoms with E-state index in [0.717, 1.165) is 6.54 Å². The Bertz CT molecular complexity index is 517. The number of benzene rings is 2. The molecule has 0 aliphatic heterocycles. The summed E-state index contributed by atoms with van der Waals surface area (Å²) in [7, 11) is 0. The van der Waals surface area contributed by atoms with Crippen LogP contribution in [-0.2, 0) is 6.54 Å². The third-order valence-electron chi connectivity index (χ3n) is 3.40. The molecule has 2 aromatic carbocycles. The molecule has 0 fully saturated rings. The summed E-state index contributed by atoms with van der Waals surface area (Å²) >= 11 is 0. The summed E-state index contributed by atoms with van der Waals surface area (Å²) in [6.45, 7) is 7.43. The third kappa shape index (κ3) is 3.21. The topological polar surface area (TPSA) is 12.0 Å². The van der Waals surface area contributed by atoms with Crippen LogP contribution in [0.3, 0.4) is 0 Å². The molecule has 0 heterocycles. The minimum atomic E-state index is 0.379. The first-order chi connectivity index (χ1) is 8.66. The van der Waals surface area contributed by atoms with Crippen molar-refractivity contribution in [2.24, 2.45) is 0 Å². The lowest BCUT2D eigenvalue weighted by molar-refractivity contribution is 0.573. The van der Waals surface area contributed by atoms with Crippen LogP contribution in [0.2, 0.25) is 0 Å². The van der Waals surface area contributed by atoms with Crippen molar-refractivity contribution in [1.82, 2.24) is 5.32 Å². The summed E-state index contributed by atoms with van der Waals surface area (Å²) in [5.41, 5.74) is 5.39. The second kappa shape index (κ2) is 5.83. The van der Waals surface area contributed by atoms with Gasteiger partial charge in [-0.1, -0.05) is 54.1 Å². The number of aryl methyl sites for hydroxylation is 2. The van der Waals surface area contributed by atoms with Gasteiger partial charge in [0, 0.05) is 12.6 Å². The lowest BCUT2D eigenvalue weighted by Gasteiger charge is -2.16. The van der Waals surface area contributed by atoms with Gasteiger partial charge in [-0.3, -0.25) is 0 Å². The molecule has 0 spiro atoms. The molecule has 0 aliphatic carbocycles. The van der Waals surface area contributed by atoms with Gasteiger partial charge in [0.15, 0.2) is 0 Å². The van der Waals surface area contributed by atoms with E-state index in [1.54, 1.807) is 0 Å². The van der Waals surface area contributed by atoms with Gasteiger partial charge in [0.2, 0.25) is 0 Å². The lowest BCUT2D eigenvalue weighted by atomic mass is 10.0. The van der Waals surface area contributed by atoms with Crippen molar-refractivity contribution >= 4 is 0 Å². The van der Waals surface area contributed by atoms with Crippen LogP contribution in [0.5, 0.6) is 0 Å². The molecule has 0 saturated heterocycles. The molecule has 0 saturated carbocycles. The summed E-state index contributed by atoms with van der Waals surface area (Å²) in [6.07, 6.45) is 0. The summed E-state index contributed by atoms with van der Waals surface area (Å²) in [6, 6.07) is 17.6. The number of hydrogen-bond acceptors (Lipinski definition) is 1. The van der Waals surface area contributed by atoms with Crippen LogP contribution in [-0.4, -0.2) is 0 Å². The number of nitrogens with one attached hydrogen (secondary N) is 1. The largest absolute Gasteiger partial charge is 0.306 e. The van der Waals surface area contributed by atoms with Crippen LogP contribution < -0.4 is 5.32 Å². The van der Waals surface area contributed by atoms with E-state index in [2.05, 4.69) is 74.6 Å². The van der Waals surface area contributed by atoms with E-state index in [1.165, 1.54) is 22.3 Å². The fourth-order valence-corrected chi connectivity index (χ4v) is 2.13. The predicted octanol–water partition coefficient (Wildman–Crippen LogP) is 4.15. The van der Waals surface area contributed by atoms with Gasteiger partial charge in [-0.2, -0.15) is 0 Å². The SMILES string of the molecule is Cc1cccc([C@H](C)NCc2ccccc2C)c1. The summed E-state index contributed by atoms with van der Waals surface area (Å²) < 4.78 is 0. The number of rotatable bonds is 4. The van der Waals surface area contributed by atoms with Crippen LogP contribution in [0.25, 0.3) is 0 Å². The molecule has 1 heteroatoms. The Balaban J connectivity index is 2.00. The van der Waals surface area contributed by atoms with E-state index < -0.39 is 0 Å². The molecular weight excluding hydrogens is 218 g/mol. The average molecular weight is 239 g/mol. The molecule has 1 atom stereocenters. The quantitative estimate of drug-likeness (QED) is 0.845. The molecule has 0 bridgehead atoms. The summed E-state index contributed by atoms with van der Waals surface area (Å²) in [5, 5.41) is 3.58. The van der Waals surface area contributed by atoms with Gasteiger partial charge in [0.05, 0.1) is 0 Å². The molecule has 1 nitrogen and oxygen atoms in total. The molecular formula is C17H21N. The zero-order chi connectivity index (χ0) is 13.0. The fraction of sp³-hybridized carbons (Fsp3) is 0.294. The first-order valence-electron chi connectivity index (χ1n) is 6.51. The van der Waals surface area contributed by atoms with Crippen LogP contribution >= 0.6 is 0 Å². The van der Waals surface area contributed by atoms with E-state index in [4.69, 9.17) is 0 Å². The van der Waals surface area contributed by atoms with Crippen molar-refractivity contribution in [3.05, 3.63) is 70.8 Å². The molecule has 0 amide bonds. The monoisotopic (exact) mass is 239 g/mol. The summed E-state index contributed by atoms with van der Waals surface area (Å²) in [4.78, 5) is 0. The smallest absolute Gasteiger partial charge is 0.0295 e. The Morgan fingerprint density at radius 1 is 1.00 bits per heavy atom. The highest BCUT2D eigenvalue weighted by Gasteiger charge is 2.05. The van der Waals surface area contributed by atoms with Gasteiger partial charge in [-0.05, 0) is 37.5 Å². The minimum Gasteiger partial charge on any atom is -0.306 e. The summed E-state index contributed by atoms with van der Waals surface area (Å²) in [5.74, 6) is 0. The second-order valence-corrected chi connectivity index (χ2v) is 4.94. The Labute approximate surface area is 110 Å². The maximum atomic E-state index is 3.58. The van der Waals surface area contributed by atoms with E-state index in [1.807, 2.05) is 0 Å². The Morgan fingerprint density at radius 2 is 1.78 bits per heavy atom. The second-order valence-electron chi connectivity index (χ2n) is 4.94. The molecule has 0 unspecified atom stereocenters. The molecule has 1 N–H and O–H groups in total. The molecule has 2 aromatic rings. The Kier molecular flexibility index (Phi) is 4.16.